The third kappa shape index (κ3) is 2.92. The molecule has 0 bridgehead atoms. The molecule has 2 heterocycles. The standard InChI is InChI=1S/C16H15N3O2S/c1-19-9-5-6-11(19)10-14-15(20)18-16(22-14)17-12-7-3-4-8-13(12)21-2/h3-10H,1-2H3,(H,17,18,20)/b14-10-. The van der Waals surface area contributed by atoms with Crippen LogP contribution in [0.5, 0.6) is 5.75 Å². The lowest BCUT2D eigenvalue weighted by Crippen LogP contribution is -2.19. The Morgan fingerprint density at radius 3 is 2.82 bits per heavy atom. The van der Waals surface area contributed by atoms with Gasteiger partial charge >= 0.3 is 0 Å². The van der Waals surface area contributed by atoms with Crippen molar-refractivity contribution in [2.45, 2.75) is 0 Å². The van der Waals surface area contributed by atoms with Crippen molar-refractivity contribution in [1.82, 2.24) is 9.88 Å². The van der Waals surface area contributed by atoms with E-state index in [1.807, 2.05) is 60.3 Å². The number of nitrogens with zero attached hydrogens (tertiary/aromatic N) is 2. The van der Waals surface area contributed by atoms with Crippen molar-refractivity contribution >= 4 is 34.6 Å². The van der Waals surface area contributed by atoms with Crippen LogP contribution >= 0.6 is 11.8 Å². The van der Waals surface area contributed by atoms with Gasteiger partial charge in [0.25, 0.3) is 5.91 Å². The first kappa shape index (κ1) is 14.5. The highest BCUT2D eigenvalue weighted by Gasteiger charge is 2.24. The monoisotopic (exact) mass is 313 g/mol. The molecule has 1 aliphatic rings. The van der Waals surface area contributed by atoms with Crippen LogP contribution in [0, 0.1) is 0 Å². The van der Waals surface area contributed by atoms with Gasteiger partial charge in [0.05, 0.1) is 12.0 Å². The molecule has 0 radical (unpaired) electrons. The summed E-state index contributed by atoms with van der Waals surface area (Å²) in [5, 5.41) is 3.33. The molecule has 0 aliphatic carbocycles. The first-order valence-electron chi connectivity index (χ1n) is 6.71. The quantitative estimate of drug-likeness (QED) is 0.887. The fourth-order valence-electron chi connectivity index (χ4n) is 2.07. The molecular formula is C16H15N3O2S. The fourth-order valence-corrected chi connectivity index (χ4v) is 2.89. The number of ether oxygens (including phenoxy) is 1. The third-order valence-corrected chi connectivity index (χ3v) is 4.13. The number of carbonyl (C=O) groups is 1. The van der Waals surface area contributed by atoms with Gasteiger partial charge in [-0.15, -0.1) is 0 Å². The van der Waals surface area contributed by atoms with E-state index in [-0.39, 0.29) is 5.91 Å². The Hall–Kier alpha value is -2.47. The first-order chi connectivity index (χ1) is 10.7. The van der Waals surface area contributed by atoms with E-state index in [4.69, 9.17) is 4.74 Å². The third-order valence-electron chi connectivity index (χ3n) is 3.22. The number of nitrogens with one attached hydrogen (secondary N) is 1. The predicted molar refractivity (Wildman–Crippen MR) is 89.2 cm³/mol. The maximum atomic E-state index is 12.0. The van der Waals surface area contributed by atoms with Gasteiger partial charge in [0.2, 0.25) is 0 Å². The molecule has 1 aromatic heterocycles. The number of amides is 1. The molecule has 0 spiro atoms. The summed E-state index contributed by atoms with van der Waals surface area (Å²) in [5.74, 6) is 0.532. The molecule has 1 aromatic carbocycles. The number of para-hydroxylation sites is 2. The summed E-state index contributed by atoms with van der Waals surface area (Å²) in [6, 6.07) is 11.3. The topological polar surface area (TPSA) is 55.6 Å². The number of hydrogen-bond donors (Lipinski definition) is 1. The zero-order valence-corrected chi connectivity index (χ0v) is 13.1. The molecule has 0 atom stereocenters. The number of methoxy groups -OCH3 is 1. The van der Waals surface area contributed by atoms with Crippen molar-refractivity contribution in [1.29, 1.82) is 0 Å². The summed E-state index contributed by atoms with van der Waals surface area (Å²) in [6.45, 7) is 0. The predicted octanol–water partition coefficient (Wildman–Crippen LogP) is 2.93. The molecule has 112 valence electrons. The Kier molecular flexibility index (Phi) is 4.02. The van der Waals surface area contributed by atoms with E-state index in [9.17, 15) is 4.79 Å². The zero-order chi connectivity index (χ0) is 15.5. The summed E-state index contributed by atoms with van der Waals surface area (Å²) in [4.78, 5) is 17.1. The minimum Gasteiger partial charge on any atom is -0.494 e. The number of benzene rings is 1. The van der Waals surface area contributed by atoms with Crippen LogP contribution in [0.15, 0.2) is 52.5 Å². The second-order valence-corrected chi connectivity index (χ2v) is 5.73. The Morgan fingerprint density at radius 2 is 2.09 bits per heavy atom. The number of rotatable bonds is 3. The minimum atomic E-state index is -0.139. The van der Waals surface area contributed by atoms with E-state index in [2.05, 4.69) is 10.3 Å². The van der Waals surface area contributed by atoms with E-state index in [0.29, 0.717) is 21.5 Å². The van der Waals surface area contributed by atoms with Gasteiger partial charge in [0, 0.05) is 18.9 Å². The lowest BCUT2D eigenvalue weighted by Gasteiger charge is -2.03. The SMILES string of the molecule is COc1ccccc1N=C1NC(=O)/C(=C/c2cccn2C)S1. The molecule has 0 unspecified atom stereocenters. The van der Waals surface area contributed by atoms with Crippen LogP contribution in [0.4, 0.5) is 5.69 Å². The highest BCUT2D eigenvalue weighted by molar-refractivity contribution is 8.18. The Bertz CT molecular complexity index is 777. The van der Waals surface area contributed by atoms with E-state index in [1.54, 1.807) is 7.11 Å². The molecule has 1 N–H and O–H groups in total. The number of amidine groups is 1. The van der Waals surface area contributed by atoms with Gasteiger partial charge in [0.1, 0.15) is 11.4 Å². The second kappa shape index (κ2) is 6.11. The van der Waals surface area contributed by atoms with Crippen molar-refractivity contribution in [3.05, 3.63) is 53.2 Å². The maximum Gasteiger partial charge on any atom is 0.264 e. The number of aromatic nitrogens is 1. The van der Waals surface area contributed by atoms with Crippen molar-refractivity contribution in [2.24, 2.45) is 12.0 Å². The largest absolute Gasteiger partial charge is 0.494 e. The maximum absolute atomic E-state index is 12.0. The molecule has 1 saturated heterocycles. The second-order valence-electron chi connectivity index (χ2n) is 4.70. The Labute approximate surface area is 132 Å². The summed E-state index contributed by atoms with van der Waals surface area (Å²) < 4.78 is 7.22. The van der Waals surface area contributed by atoms with E-state index >= 15 is 0 Å². The van der Waals surface area contributed by atoms with E-state index in [1.165, 1.54) is 11.8 Å². The van der Waals surface area contributed by atoms with Crippen LogP contribution in [-0.4, -0.2) is 22.8 Å². The van der Waals surface area contributed by atoms with Gasteiger partial charge in [0.15, 0.2) is 5.17 Å². The molecule has 3 rings (SSSR count). The highest BCUT2D eigenvalue weighted by Crippen LogP contribution is 2.31. The van der Waals surface area contributed by atoms with Crippen LogP contribution in [0.3, 0.4) is 0 Å². The summed E-state index contributed by atoms with van der Waals surface area (Å²) >= 11 is 1.32. The number of aliphatic imine (C=N–C) groups is 1. The van der Waals surface area contributed by atoms with E-state index < -0.39 is 0 Å². The van der Waals surface area contributed by atoms with Crippen molar-refractivity contribution in [2.75, 3.05) is 7.11 Å². The van der Waals surface area contributed by atoms with Crippen LogP contribution in [0.2, 0.25) is 0 Å². The van der Waals surface area contributed by atoms with Gasteiger partial charge in [-0.2, -0.15) is 0 Å². The molecular weight excluding hydrogens is 298 g/mol. The average Bonchev–Trinajstić information content (AvgIpc) is 3.07. The molecule has 2 aromatic rings. The van der Waals surface area contributed by atoms with Gasteiger partial charge in [-0.25, -0.2) is 4.99 Å². The summed E-state index contributed by atoms with van der Waals surface area (Å²) in [7, 11) is 3.54. The number of aryl methyl sites for hydroxylation is 1. The highest BCUT2D eigenvalue weighted by atomic mass is 32.2. The van der Waals surface area contributed by atoms with Crippen LogP contribution in [0.1, 0.15) is 5.69 Å². The smallest absolute Gasteiger partial charge is 0.264 e. The van der Waals surface area contributed by atoms with Crippen molar-refractivity contribution < 1.29 is 9.53 Å². The molecule has 22 heavy (non-hydrogen) atoms. The van der Waals surface area contributed by atoms with Crippen LogP contribution < -0.4 is 10.1 Å². The minimum absolute atomic E-state index is 0.139. The fraction of sp³-hybridized carbons (Fsp3) is 0.125. The summed E-state index contributed by atoms with van der Waals surface area (Å²) in [6.07, 6.45) is 3.79. The summed E-state index contributed by atoms with van der Waals surface area (Å²) in [5.41, 5.74) is 1.66. The molecule has 1 fully saturated rings. The molecule has 0 saturated carbocycles. The zero-order valence-electron chi connectivity index (χ0n) is 12.2. The number of thioether (sulfide) groups is 1. The Morgan fingerprint density at radius 1 is 1.27 bits per heavy atom. The lowest BCUT2D eigenvalue weighted by atomic mass is 10.3. The van der Waals surface area contributed by atoms with E-state index in [0.717, 1.165) is 5.69 Å². The van der Waals surface area contributed by atoms with Gasteiger partial charge in [-0.3, -0.25) is 4.79 Å². The van der Waals surface area contributed by atoms with Gasteiger partial charge < -0.3 is 14.6 Å². The normalized spacial score (nSPS) is 18.0. The Balaban J connectivity index is 1.87. The van der Waals surface area contributed by atoms with Gasteiger partial charge in [-0.1, -0.05) is 12.1 Å². The first-order valence-corrected chi connectivity index (χ1v) is 7.53. The molecule has 6 heteroatoms. The van der Waals surface area contributed by atoms with Crippen molar-refractivity contribution in [3.8, 4) is 5.75 Å². The van der Waals surface area contributed by atoms with Crippen LogP contribution in [-0.2, 0) is 11.8 Å². The molecule has 1 aliphatic heterocycles. The molecule has 1 amide bonds. The van der Waals surface area contributed by atoms with Crippen LogP contribution in [0.25, 0.3) is 6.08 Å². The lowest BCUT2D eigenvalue weighted by molar-refractivity contribution is -0.115. The van der Waals surface area contributed by atoms with Gasteiger partial charge in [-0.05, 0) is 42.1 Å². The van der Waals surface area contributed by atoms with Crippen molar-refractivity contribution in [3.63, 3.8) is 0 Å². The number of carbonyl (C=O) groups excluding carboxylic acids is 1. The number of hydrogen-bond acceptors (Lipinski definition) is 4. The molecule has 5 nitrogen and oxygen atoms in total. The average molecular weight is 313 g/mol.